The molecule has 192 valence electrons. The van der Waals surface area contributed by atoms with E-state index in [0.29, 0.717) is 24.5 Å². The maximum Gasteiger partial charge on any atom is 0.243 e. The van der Waals surface area contributed by atoms with Crippen molar-refractivity contribution in [2.24, 2.45) is 5.92 Å². The molecule has 1 saturated heterocycles. The number of nitrogens with zero attached hydrogens (tertiary/aromatic N) is 4. The van der Waals surface area contributed by atoms with Crippen molar-refractivity contribution in [3.63, 3.8) is 0 Å². The first kappa shape index (κ1) is 25.5. The van der Waals surface area contributed by atoms with E-state index in [-0.39, 0.29) is 23.9 Å². The average molecular weight is 535 g/mol. The molecule has 1 aliphatic heterocycles. The number of aryl methyl sites for hydroxylation is 3. The first-order valence-corrected chi connectivity index (χ1v) is 14.6. The molecule has 1 amide bonds. The number of piperidine rings is 1. The van der Waals surface area contributed by atoms with E-state index >= 15 is 0 Å². The summed E-state index contributed by atoms with van der Waals surface area (Å²) in [5, 5.41) is 0.609. The number of pyridine rings is 1. The molecule has 1 fully saturated rings. The van der Waals surface area contributed by atoms with Crippen molar-refractivity contribution >= 4 is 42.6 Å². The van der Waals surface area contributed by atoms with Crippen LogP contribution in [0.2, 0.25) is 0 Å². The number of carbonyl (C=O) groups is 1. The zero-order valence-electron chi connectivity index (χ0n) is 21.2. The molecule has 0 spiro atoms. The van der Waals surface area contributed by atoms with E-state index in [1.807, 2.05) is 39.0 Å². The average Bonchev–Trinajstić information content (AvgIpc) is 3.32. The minimum Gasteiger partial charge on any atom is -0.282 e. The van der Waals surface area contributed by atoms with Gasteiger partial charge in [-0.1, -0.05) is 41.2 Å². The summed E-state index contributed by atoms with van der Waals surface area (Å²) in [6.45, 7) is 6.83. The number of hydrogen-bond acceptors (Lipinski definition) is 6. The molecule has 4 aromatic rings. The topological polar surface area (TPSA) is 83.5 Å². The fourth-order valence-corrected chi connectivity index (χ4v) is 7.48. The largest absolute Gasteiger partial charge is 0.282 e. The highest BCUT2D eigenvalue weighted by molar-refractivity contribution is 7.89. The van der Waals surface area contributed by atoms with Gasteiger partial charge in [0.25, 0.3) is 0 Å². The normalized spacial score (nSPS) is 16.7. The smallest absolute Gasteiger partial charge is 0.243 e. The highest BCUT2D eigenvalue weighted by Gasteiger charge is 2.36. The molecule has 2 aromatic heterocycles. The van der Waals surface area contributed by atoms with Gasteiger partial charge in [-0.2, -0.15) is 4.31 Å². The monoisotopic (exact) mass is 534 g/mol. The van der Waals surface area contributed by atoms with E-state index < -0.39 is 15.9 Å². The van der Waals surface area contributed by atoms with Crippen LogP contribution in [0.1, 0.15) is 35.2 Å². The molecule has 0 radical (unpaired) electrons. The lowest BCUT2D eigenvalue weighted by atomic mass is 9.98. The van der Waals surface area contributed by atoms with Crippen molar-refractivity contribution in [2.75, 3.05) is 18.0 Å². The summed E-state index contributed by atoms with van der Waals surface area (Å²) in [7, 11) is -3.69. The van der Waals surface area contributed by atoms with E-state index in [2.05, 4.69) is 17.1 Å². The lowest BCUT2D eigenvalue weighted by Gasteiger charge is -2.33. The van der Waals surface area contributed by atoms with Crippen LogP contribution in [0, 0.1) is 26.7 Å². The SMILES string of the molecule is Cc1ccc(S(=O)(=O)N2CCCC(C(=O)N(Cc3ccccn3)c3nc4c(C)cc(C)cc4s3)C2)cc1. The van der Waals surface area contributed by atoms with E-state index in [0.717, 1.165) is 32.6 Å². The highest BCUT2D eigenvalue weighted by Crippen LogP contribution is 2.34. The number of amides is 1. The molecule has 37 heavy (non-hydrogen) atoms. The van der Waals surface area contributed by atoms with Gasteiger partial charge >= 0.3 is 0 Å². The van der Waals surface area contributed by atoms with E-state index in [9.17, 15) is 13.2 Å². The summed E-state index contributed by atoms with van der Waals surface area (Å²) in [5.41, 5.74) is 4.85. The lowest BCUT2D eigenvalue weighted by Crippen LogP contribution is -2.46. The third-order valence-electron chi connectivity index (χ3n) is 6.75. The predicted octanol–water partition coefficient (Wildman–Crippen LogP) is 5.25. The van der Waals surface area contributed by atoms with Crippen LogP contribution in [0.15, 0.2) is 65.7 Å². The van der Waals surface area contributed by atoms with Crippen LogP contribution in [0.3, 0.4) is 0 Å². The van der Waals surface area contributed by atoms with Gasteiger partial charge in [-0.05, 0) is 75.1 Å². The lowest BCUT2D eigenvalue weighted by molar-refractivity contribution is -0.123. The second-order valence-corrected chi connectivity index (χ2v) is 12.6. The molecule has 7 nitrogen and oxygen atoms in total. The van der Waals surface area contributed by atoms with Gasteiger partial charge in [0, 0.05) is 19.3 Å². The van der Waals surface area contributed by atoms with Gasteiger partial charge in [0.1, 0.15) is 0 Å². The Morgan fingerprint density at radius 2 is 1.86 bits per heavy atom. The first-order chi connectivity index (χ1) is 17.7. The number of aromatic nitrogens is 2. The number of rotatable bonds is 6. The molecular weight excluding hydrogens is 504 g/mol. The minimum absolute atomic E-state index is 0.122. The quantitative estimate of drug-likeness (QED) is 0.337. The van der Waals surface area contributed by atoms with Gasteiger partial charge in [0.2, 0.25) is 15.9 Å². The standard InChI is InChI=1S/C28H30N4O3S2/c1-19-9-11-24(12-10-19)37(34,35)31-14-6-7-22(17-31)27(33)32(18-23-8-4-5-13-29-23)28-30-26-21(3)15-20(2)16-25(26)36-28/h4-5,8-13,15-16,22H,6-7,14,17-18H2,1-3H3. The van der Waals surface area contributed by atoms with Crippen molar-refractivity contribution in [1.29, 1.82) is 0 Å². The summed E-state index contributed by atoms with van der Waals surface area (Å²) < 4.78 is 29.2. The Bertz CT molecular complexity index is 1530. The van der Waals surface area contributed by atoms with Crippen LogP contribution in [0.25, 0.3) is 10.2 Å². The summed E-state index contributed by atoms with van der Waals surface area (Å²) in [4.78, 5) is 25.3. The van der Waals surface area contributed by atoms with Gasteiger partial charge in [0.15, 0.2) is 5.13 Å². The van der Waals surface area contributed by atoms with Crippen LogP contribution in [0.4, 0.5) is 5.13 Å². The Labute approximate surface area is 221 Å². The van der Waals surface area contributed by atoms with Crippen LogP contribution in [0.5, 0.6) is 0 Å². The molecule has 9 heteroatoms. The Morgan fingerprint density at radius 1 is 1.08 bits per heavy atom. The predicted molar refractivity (Wildman–Crippen MR) is 147 cm³/mol. The van der Waals surface area contributed by atoms with Gasteiger partial charge in [-0.25, -0.2) is 13.4 Å². The fourth-order valence-electron chi connectivity index (χ4n) is 4.81. The molecule has 0 bridgehead atoms. The van der Waals surface area contributed by atoms with Crippen molar-refractivity contribution in [3.05, 3.63) is 83.2 Å². The number of anilines is 1. The molecule has 0 saturated carbocycles. The minimum atomic E-state index is -3.69. The Morgan fingerprint density at radius 3 is 2.59 bits per heavy atom. The van der Waals surface area contributed by atoms with Gasteiger partial charge in [-0.3, -0.25) is 14.7 Å². The van der Waals surface area contributed by atoms with E-state index in [1.165, 1.54) is 15.6 Å². The third-order valence-corrected chi connectivity index (χ3v) is 9.66. The molecule has 1 unspecified atom stereocenters. The van der Waals surface area contributed by atoms with Gasteiger partial charge in [0.05, 0.1) is 33.3 Å². The second-order valence-electron chi connectivity index (χ2n) is 9.69. The molecule has 5 rings (SSSR count). The van der Waals surface area contributed by atoms with Crippen molar-refractivity contribution in [2.45, 2.75) is 45.1 Å². The Hall–Kier alpha value is -3.14. The number of fused-ring (bicyclic) bond motifs is 1. The summed E-state index contributed by atoms with van der Waals surface area (Å²) in [6, 6.07) is 16.7. The zero-order chi connectivity index (χ0) is 26.2. The third kappa shape index (κ3) is 5.30. The molecule has 3 heterocycles. The van der Waals surface area contributed by atoms with Crippen LogP contribution in [-0.2, 0) is 21.4 Å². The fraction of sp³-hybridized carbons (Fsp3) is 0.321. The molecule has 1 atom stereocenters. The number of benzene rings is 2. The zero-order valence-corrected chi connectivity index (χ0v) is 22.8. The molecule has 0 aliphatic carbocycles. The molecule has 1 aliphatic rings. The van der Waals surface area contributed by atoms with Crippen LogP contribution in [-0.4, -0.2) is 41.7 Å². The Balaban J connectivity index is 1.46. The summed E-state index contributed by atoms with van der Waals surface area (Å²) in [5.74, 6) is -0.588. The molecule has 2 aromatic carbocycles. The van der Waals surface area contributed by atoms with Gasteiger partial charge in [-0.15, -0.1) is 0 Å². The Kier molecular flexibility index (Phi) is 7.11. The summed E-state index contributed by atoms with van der Waals surface area (Å²) >= 11 is 1.48. The maximum atomic E-state index is 14.0. The number of carbonyl (C=O) groups excluding carboxylic acids is 1. The molecule has 0 N–H and O–H groups in total. The van der Waals surface area contributed by atoms with E-state index in [4.69, 9.17) is 4.98 Å². The van der Waals surface area contributed by atoms with Crippen molar-refractivity contribution < 1.29 is 13.2 Å². The number of hydrogen-bond donors (Lipinski definition) is 0. The van der Waals surface area contributed by atoms with Crippen molar-refractivity contribution in [1.82, 2.24) is 14.3 Å². The first-order valence-electron chi connectivity index (χ1n) is 12.4. The van der Waals surface area contributed by atoms with E-state index in [1.54, 1.807) is 35.4 Å². The number of thiazole rings is 1. The molecular formula is C28H30N4O3S2. The van der Waals surface area contributed by atoms with Gasteiger partial charge < -0.3 is 0 Å². The second kappa shape index (κ2) is 10.3. The number of sulfonamides is 1. The van der Waals surface area contributed by atoms with Crippen LogP contribution >= 0.6 is 11.3 Å². The van der Waals surface area contributed by atoms with Crippen molar-refractivity contribution in [3.8, 4) is 0 Å². The van der Waals surface area contributed by atoms with Crippen LogP contribution < -0.4 is 4.90 Å². The highest BCUT2D eigenvalue weighted by atomic mass is 32.2. The summed E-state index contributed by atoms with van der Waals surface area (Å²) in [6.07, 6.45) is 2.96. The maximum absolute atomic E-state index is 14.0.